The molecule has 0 saturated heterocycles. The first-order valence-corrected chi connectivity index (χ1v) is 6.43. The Morgan fingerprint density at radius 1 is 1.29 bits per heavy atom. The first-order chi connectivity index (χ1) is 6.38. The molecule has 0 unspecified atom stereocenters. The summed E-state index contributed by atoms with van der Waals surface area (Å²) in [5, 5.41) is 2.05. The van der Waals surface area contributed by atoms with E-state index in [1.54, 1.807) is 18.2 Å². The van der Waals surface area contributed by atoms with Crippen LogP contribution in [0, 0.1) is 0 Å². The molecular formula is C9H8Cl2O2S. The van der Waals surface area contributed by atoms with Gasteiger partial charge in [0.25, 0.3) is 0 Å². The number of sulfone groups is 1. The molecule has 0 atom stereocenters. The van der Waals surface area contributed by atoms with Gasteiger partial charge in [-0.1, -0.05) is 29.3 Å². The van der Waals surface area contributed by atoms with Gasteiger partial charge in [0, 0.05) is 21.7 Å². The Bertz CT molecular complexity index is 464. The number of hydrogen-bond donors (Lipinski definition) is 0. The van der Waals surface area contributed by atoms with Crippen molar-refractivity contribution in [2.45, 2.75) is 0 Å². The highest BCUT2D eigenvalue weighted by atomic mass is 35.5. The first kappa shape index (κ1) is 11.6. The van der Waals surface area contributed by atoms with Crippen LogP contribution in [0.1, 0.15) is 5.56 Å². The summed E-state index contributed by atoms with van der Waals surface area (Å²) in [4.78, 5) is 0. The predicted molar refractivity (Wildman–Crippen MR) is 60.3 cm³/mol. The van der Waals surface area contributed by atoms with E-state index in [2.05, 4.69) is 0 Å². The molecule has 0 aliphatic heterocycles. The molecule has 0 radical (unpaired) electrons. The fraction of sp³-hybridized carbons (Fsp3) is 0.111. The van der Waals surface area contributed by atoms with E-state index in [0.717, 1.165) is 11.7 Å². The SMILES string of the molecule is CS(=O)(=O)/C=C/c1ccc(Cl)cc1Cl. The maximum absolute atomic E-state index is 10.8. The van der Waals surface area contributed by atoms with Gasteiger partial charge in [0.2, 0.25) is 0 Å². The van der Waals surface area contributed by atoms with Gasteiger partial charge in [0.1, 0.15) is 0 Å². The van der Waals surface area contributed by atoms with E-state index < -0.39 is 9.84 Å². The Morgan fingerprint density at radius 2 is 1.93 bits per heavy atom. The molecule has 1 aromatic carbocycles. The average molecular weight is 251 g/mol. The monoisotopic (exact) mass is 250 g/mol. The van der Waals surface area contributed by atoms with Gasteiger partial charge in [0.15, 0.2) is 9.84 Å². The lowest BCUT2D eigenvalue weighted by Crippen LogP contribution is -1.87. The predicted octanol–water partition coefficient (Wildman–Crippen LogP) is 3.01. The molecule has 2 nitrogen and oxygen atoms in total. The van der Waals surface area contributed by atoms with Crippen LogP contribution in [0.2, 0.25) is 10.0 Å². The smallest absolute Gasteiger partial charge is 0.168 e. The molecule has 0 N–H and O–H groups in total. The highest BCUT2D eigenvalue weighted by Crippen LogP contribution is 2.22. The van der Waals surface area contributed by atoms with Crippen LogP contribution in [0.5, 0.6) is 0 Å². The second-order valence-electron chi connectivity index (χ2n) is 2.80. The Hall–Kier alpha value is -0.510. The van der Waals surface area contributed by atoms with E-state index in [9.17, 15) is 8.42 Å². The topological polar surface area (TPSA) is 34.1 Å². The molecule has 0 amide bonds. The summed E-state index contributed by atoms with van der Waals surface area (Å²) in [7, 11) is -3.12. The standard InChI is InChI=1S/C9H8Cl2O2S/c1-14(12,13)5-4-7-2-3-8(10)6-9(7)11/h2-6H,1H3/b5-4+. The minimum Gasteiger partial charge on any atom is -0.225 e. The summed E-state index contributed by atoms with van der Waals surface area (Å²) in [5.74, 6) is 0. The van der Waals surface area contributed by atoms with Crippen LogP contribution in [0.15, 0.2) is 23.6 Å². The molecule has 0 aliphatic carbocycles. The van der Waals surface area contributed by atoms with Gasteiger partial charge in [-0.3, -0.25) is 0 Å². The lowest BCUT2D eigenvalue weighted by atomic mass is 10.2. The highest BCUT2D eigenvalue weighted by molar-refractivity contribution is 7.93. The van der Waals surface area contributed by atoms with Gasteiger partial charge in [-0.15, -0.1) is 0 Å². The zero-order chi connectivity index (χ0) is 10.8. The van der Waals surface area contributed by atoms with Gasteiger partial charge < -0.3 is 0 Å². The van der Waals surface area contributed by atoms with Crippen molar-refractivity contribution in [3.8, 4) is 0 Å². The highest BCUT2D eigenvalue weighted by Gasteiger charge is 1.99. The van der Waals surface area contributed by atoms with Crippen molar-refractivity contribution in [2.24, 2.45) is 0 Å². The van der Waals surface area contributed by atoms with Crippen molar-refractivity contribution in [1.29, 1.82) is 0 Å². The quantitative estimate of drug-likeness (QED) is 0.809. The van der Waals surface area contributed by atoms with Crippen LogP contribution in [0.3, 0.4) is 0 Å². The summed E-state index contributed by atoms with van der Waals surface area (Å²) in [5.41, 5.74) is 0.626. The van der Waals surface area contributed by atoms with Crippen molar-refractivity contribution in [3.05, 3.63) is 39.2 Å². The van der Waals surface area contributed by atoms with E-state index in [4.69, 9.17) is 23.2 Å². The van der Waals surface area contributed by atoms with Gasteiger partial charge in [-0.25, -0.2) is 8.42 Å². The van der Waals surface area contributed by atoms with Crippen LogP contribution < -0.4 is 0 Å². The molecule has 1 rings (SSSR count). The van der Waals surface area contributed by atoms with Gasteiger partial charge in [0.05, 0.1) is 0 Å². The molecule has 0 bridgehead atoms. The fourth-order valence-corrected chi connectivity index (χ4v) is 1.70. The minimum atomic E-state index is -3.12. The molecular weight excluding hydrogens is 243 g/mol. The second-order valence-corrected chi connectivity index (χ2v) is 5.57. The number of hydrogen-bond acceptors (Lipinski definition) is 2. The van der Waals surface area contributed by atoms with E-state index >= 15 is 0 Å². The van der Waals surface area contributed by atoms with Crippen molar-refractivity contribution in [3.63, 3.8) is 0 Å². The van der Waals surface area contributed by atoms with Crippen LogP contribution in [0.4, 0.5) is 0 Å². The maximum Gasteiger partial charge on any atom is 0.168 e. The summed E-state index contributed by atoms with van der Waals surface area (Å²) in [6.07, 6.45) is 2.56. The Balaban J connectivity index is 3.05. The normalized spacial score (nSPS) is 12.2. The third-order valence-corrected chi connectivity index (χ3v) is 2.65. The number of benzene rings is 1. The van der Waals surface area contributed by atoms with Crippen molar-refractivity contribution in [1.82, 2.24) is 0 Å². The maximum atomic E-state index is 10.8. The summed E-state index contributed by atoms with van der Waals surface area (Å²) < 4.78 is 21.7. The molecule has 1 aromatic rings. The van der Waals surface area contributed by atoms with E-state index in [-0.39, 0.29) is 0 Å². The Kier molecular flexibility index (Phi) is 3.59. The zero-order valence-corrected chi connectivity index (χ0v) is 9.70. The van der Waals surface area contributed by atoms with Crippen molar-refractivity contribution < 1.29 is 8.42 Å². The molecule has 5 heteroatoms. The molecule has 0 heterocycles. The van der Waals surface area contributed by atoms with Crippen molar-refractivity contribution >= 4 is 39.1 Å². The van der Waals surface area contributed by atoms with E-state index in [1.807, 2.05) is 0 Å². The average Bonchev–Trinajstić information content (AvgIpc) is 2.00. The first-order valence-electron chi connectivity index (χ1n) is 3.72. The van der Waals surface area contributed by atoms with Crippen LogP contribution in [0.25, 0.3) is 6.08 Å². The summed E-state index contributed by atoms with van der Waals surface area (Å²) in [6, 6.07) is 4.87. The molecule has 14 heavy (non-hydrogen) atoms. The zero-order valence-electron chi connectivity index (χ0n) is 7.37. The Labute approximate surface area is 93.1 Å². The summed E-state index contributed by atoms with van der Waals surface area (Å²) in [6.45, 7) is 0. The van der Waals surface area contributed by atoms with E-state index in [0.29, 0.717) is 15.6 Å². The van der Waals surface area contributed by atoms with Crippen LogP contribution in [-0.4, -0.2) is 14.7 Å². The number of halogens is 2. The van der Waals surface area contributed by atoms with Crippen molar-refractivity contribution in [2.75, 3.05) is 6.26 Å². The third kappa shape index (κ3) is 3.70. The van der Waals surface area contributed by atoms with Gasteiger partial charge in [-0.2, -0.15) is 0 Å². The largest absolute Gasteiger partial charge is 0.225 e. The molecule has 76 valence electrons. The molecule has 0 aliphatic rings. The fourth-order valence-electron chi connectivity index (χ4n) is 0.834. The molecule has 0 fully saturated rings. The lowest BCUT2D eigenvalue weighted by molar-refractivity contribution is 0.610. The van der Waals surface area contributed by atoms with Crippen LogP contribution >= 0.6 is 23.2 Å². The second kappa shape index (κ2) is 4.34. The van der Waals surface area contributed by atoms with E-state index in [1.165, 1.54) is 6.08 Å². The molecule has 0 aromatic heterocycles. The minimum absolute atomic E-state index is 0.428. The van der Waals surface area contributed by atoms with Gasteiger partial charge >= 0.3 is 0 Å². The molecule has 0 saturated carbocycles. The van der Waals surface area contributed by atoms with Gasteiger partial charge in [-0.05, 0) is 23.8 Å². The number of rotatable bonds is 2. The third-order valence-electron chi connectivity index (χ3n) is 1.46. The molecule has 0 spiro atoms. The van der Waals surface area contributed by atoms with Crippen LogP contribution in [-0.2, 0) is 9.84 Å². The lowest BCUT2D eigenvalue weighted by Gasteiger charge is -1.97. The Morgan fingerprint density at radius 3 is 2.43 bits per heavy atom. The summed E-state index contributed by atoms with van der Waals surface area (Å²) >= 11 is 11.5.